The number of anilines is 1. The van der Waals surface area contributed by atoms with Gasteiger partial charge in [0.15, 0.2) is 11.5 Å². The molecule has 0 heterocycles. The number of carbonyl (C=O) groups excluding carboxylic acids is 1. The highest BCUT2D eigenvalue weighted by Crippen LogP contribution is 2.29. The van der Waals surface area contributed by atoms with Gasteiger partial charge in [0.05, 0.1) is 32.4 Å². The van der Waals surface area contributed by atoms with E-state index in [1.165, 1.54) is 38.6 Å². The molecule has 1 amide bonds. The second-order valence-corrected chi connectivity index (χ2v) is 7.53. The van der Waals surface area contributed by atoms with Crippen molar-refractivity contribution < 1.29 is 27.1 Å². The van der Waals surface area contributed by atoms with E-state index in [4.69, 9.17) is 9.47 Å². The van der Waals surface area contributed by atoms with Crippen LogP contribution in [-0.4, -0.2) is 47.6 Å². The van der Waals surface area contributed by atoms with Crippen LogP contribution >= 0.6 is 0 Å². The number of nitrogens with one attached hydrogen (secondary N) is 1. The molecule has 0 bridgehead atoms. The van der Waals surface area contributed by atoms with Crippen LogP contribution in [-0.2, 0) is 14.8 Å². The fraction of sp³-hybridized carbons (Fsp3) is 0.222. The number of hydrazone groups is 1. The summed E-state index contributed by atoms with van der Waals surface area (Å²) in [6.45, 7) is -0.561. The highest BCUT2D eigenvalue weighted by atomic mass is 32.2. The molecule has 0 aliphatic carbocycles. The molecule has 0 aliphatic rings. The number of nitrogens with zero attached hydrogens (tertiary/aromatic N) is 2. The van der Waals surface area contributed by atoms with Gasteiger partial charge in [-0.05, 0) is 30.3 Å². The number of hydrogen-bond donors (Lipinski definition) is 1. The Balaban J connectivity index is 2.13. The molecule has 0 aromatic heterocycles. The zero-order valence-electron chi connectivity index (χ0n) is 15.5. The van der Waals surface area contributed by atoms with Gasteiger partial charge in [0.25, 0.3) is 5.91 Å². The van der Waals surface area contributed by atoms with Crippen LogP contribution in [0.15, 0.2) is 47.6 Å². The molecule has 0 spiro atoms. The number of para-hydroxylation sites is 1. The Morgan fingerprint density at radius 3 is 2.54 bits per heavy atom. The first kappa shape index (κ1) is 21.2. The predicted octanol–water partition coefficient (Wildman–Crippen LogP) is 1.76. The molecular weight excluding hydrogens is 389 g/mol. The summed E-state index contributed by atoms with van der Waals surface area (Å²) in [5.74, 6) is -0.393. The first-order chi connectivity index (χ1) is 13.3. The number of hydrogen-bond acceptors (Lipinski definition) is 6. The van der Waals surface area contributed by atoms with Crippen molar-refractivity contribution in [3.8, 4) is 11.5 Å². The first-order valence-corrected chi connectivity index (χ1v) is 9.87. The summed E-state index contributed by atoms with van der Waals surface area (Å²) in [6, 6.07) is 10.1. The van der Waals surface area contributed by atoms with E-state index >= 15 is 0 Å². The molecule has 0 atom stereocenters. The van der Waals surface area contributed by atoms with Crippen LogP contribution in [0.25, 0.3) is 0 Å². The number of methoxy groups -OCH3 is 2. The molecule has 1 N–H and O–H groups in total. The van der Waals surface area contributed by atoms with Gasteiger partial charge in [-0.3, -0.25) is 9.10 Å². The van der Waals surface area contributed by atoms with E-state index in [1.54, 1.807) is 18.2 Å². The Morgan fingerprint density at radius 2 is 1.93 bits per heavy atom. The van der Waals surface area contributed by atoms with Crippen molar-refractivity contribution in [3.05, 3.63) is 53.8 Å². The van der Waals surface area contributed by atoms with E-state index in [0.717, 1.165) is 16.6 Å². The third-order valence-corrected chi connectivity index (χ3v) is 4.75. The van der Waals surface area contributed by atoms with Gasteiger partial charge in [0, 0.05) is 5.56 Å². The Kier molecular flexibility index (Phi) is 6.94. The third-order valence-electron chi connectivity index (χ3n) is 3.61. The Labute approximate surface area is 162 Å². The lowest BCUT2D eigenvalue weighted by Gasteiger charge is -2.21. The van der Waals surface area contributed by atoms with Crippen LogP contribution in [0, 0.1) is 5.82 Å². The zero-order chi connectivity index (χ0) is 20.7. The van der Waals surface area contributed by atoms with Crippen molar-refractivity contribution in [2.45, 2.75) is 0 Å². The van der Waals surface area contributed by atoms with Crippen molar-refractivity contribution in [2.24, 2.45) is 5.10 Å². The van der Waals surface area contributed by atoms with Crippen molar-refractivity contribution >= 4 is 27.8 Å². The molecule has 0 unspecified atom stereocenters. The minimum Gasteiger partial charge on any atom is -0.493 e. The number of ether oxygens (including phenoxy) is 2. The first-order valence-electron chi connectivity index (χ1n) is 8.02. The normalized spacial score (nSPS) is 11.3. The lowest BCUT2D eigenvalue weighted by atomic mass is 10.2. The van der Waals surface area contributed by atoms with E-state index in [0.29, 0.717) is 17.1 Å². The largest absolute Gasteiger partial charge is 0.493 e. The molecule has 28 heavy (non-hydrogen) atoms. The Bertz CT molecular complexity index is 979. The van der Waals surface area contributed by atoms with Gasteiger partial charge in [-0.2, -0.15) is 5.10 Å². The molecule has 8 nitrogen and oxygen atoms in total. The maximum Gasteiger partial charge on any atom is 0.260 e. The number of halogens is 1. The van der Waals surface area contributed by atoms with Gasteiger partial charge < -0.3 is 9.47 Å². The number of carbonyl (C=O) groups is 1. The average molecular weight is 409 g/mol. The summed E-state index contributed by atoms with van der Waals surface area (Å²) in [7, 11) is -0.847. The third kappa shape index (κ3) is 5.43. The van der Waals surface area contributed by atoms with Crippen LogP contribution < -0.4 is 19.2 Å². The van der Waals surface area contributed by atoms with E-state index in [1.807, 2.05) is 0 Å². The van der Waals surface area contributed by atoms with Crippen molar-refractivity contribution in [3.63, 3.8) is 0 Å². The minimum absolute atomic E-state index is 0.0381. The molecule has 2 rings (SSSR count). The standard InChI is InChI=1S/C18H20FN3O5S/c1-26-16-9-4-6-13(18(16)27-2)11-20-21-17(23)12-22(28(3,24)25)15-8-5-7-14(19)10-15/h4-11H,12H2,1-3H3,(H,21,23)/b20-11-. The molecular formula is C18H20FN3O5S. The molecule has 0 radical (unpaired) electrons. The fourth-order valence-corrected chi connectivity index (χ4v) is 3.23. The van der Waals surface area contributed by atoms with E-state index in [-0.39, 0.29) is 5.69 Å². The van der Waals surface area contributed by atoms with Crippen LogP contribution in [0.5, 0.6) is 11.5 Å². The minimum atomic E-state index is -3.81. The maximum absolute atomic E-state index is 13.4. The van der Waals surface area contributed by atoms with Gasteiger partial charge in [0.2, 0.25) is 10.0 Å². The van der Waals surface area contributed by atoms with Crippen LogP contribution in [0.3, 0.4) is 0 Å². The summed E-state index contributed by atoms with van der Waals surface area (Å²) in [5, 5.41) is 3.82. The van der Waals surface area contributed by atoms with Crippen molar-refractivity contribution in [1.82, 2.24) is 5.43 Å². The van der Waals surface area contributed by atoms with Crippen LogP contribution in [0.1, 0.15) is 5.56 Å². The summed E-state index contributed by atoms with van der Waals surface area (Å²) < 4.78 is 48.6. The predicted molar refractivity (Wildman–Crippen MR) is 104 cm³/mol. The lowest BCUT2D eigenvalue weighted by molar-refractivity contribution is -0.119. The average Bonchev–Trinajstić information content (AvgIpc) is 2.64. The second kappa shape index (κ2) is 9.18. The van der Waals surface area contributed by atoms with Gasteiger partial charge >= 0.3 is 0 Å². The molecule has 2 aromatic carbocycles. The highest BCUT2D eigenvalue weighted by Gasteiger charge is 2.21. The molecule has 0 aliphatic heterocycles. The zero-order valence-corrected chi connectivity index (χ0v) is 16.4. The smallest absolute Gasteiger partial charge is 0.260 e. The second-order valence-electron chi connectivity index (χ2n) is 5.63. The summed E-state index contributed by atoms with van der Waals surface area (Å²) >= 11 is 0. The molecule has 10 heteroatoms. The number of rotatable bonds is 8. The van der Waals surface area contributed by atoms with Crippen LogP contribution in [0.2, 0.25) is 0 Å². The fourth-order valence-electron chi connectivity index (χ4n) is 2.38. The van der Waals surface area contributed by atoms with Crippen molar-refractivity contribution in [2.75, 3.05) is 31.3 Å². The van der Waals surface area contributed by atoms with E-state index in [9.17, 15) is 17.6 Å². The SMILES string of the molecule is COc1cccc(/C=N\NC(=O)CN(c2cccc(F)c2)S(C)(=O)=O)c1OC. The van der Waals surface area contributed by atoms with Crippen molar-refractivity contribution in [1.29, 1.82) is 0 Å². The van der Waals surface area contributed by atoms with Gasteiger partial charge in [-0.25, -0.2) is 18.2 Å². The molecule has 2 aromatic rings. The Hall–Kier alpha value is -3.14. The number of benzene rings is 2. The molecule has 150 valence electrons. The summed E-state index contributed by atoms with van der Waals surface area (Å²) in [4.78, 5) is 12.1. The van der Waals surface area contributed by atoms with E-state index < -0.39 is 28.3 Å². The molecule has 0 saturated carbocycles. The summed E-state index contributed by atoms with van der Waals surface area (Å²) in [6.07, 6.45) is 2.27. The number of sulfonamides is 1. The lowest BCUT2D eigenvalue weighted by Crippen LogP contribution is -2.39. The summed E-state index contributed by atoms with van der Waals surface area (Å²) in [5.41, 5.74) is 2.83. The van der Waals surface area contributed by atoms with Crippen LogP contribution in [0.4, 0.5) is 10.1 Å². The molecule has 0 fully saturated rings. The van der Waals surface area contributed by atoms with Gasteiger partial charge in [0.1, 0.15) is 12.4 Å². The van der Waals surface area contributed by atoms with Gasteiger partial charge in [-0.15, -0.1) is 0 Å². The Morgan fingerprint density at radius 1 is 1.21 bits per heavy atom. The number of amides is 1. The van der Waals surface area contributed by atoms with Gasteiger partial charge in [-0.1, -0.05) is 12.1 Å². The topological polar surface area (TPSA) is 97.3 Å². The van der Waals surface area contributed by atoms with E-state index in [2.05, 4.69) is 10.5 Å². The maximum atomic E-state index is 13.4. The quantitative estimate of drug-likeness (QED) is 0.529. The highest BCUT2D eigenvalue weighted by molar-refractivity contribution is 7.92. The monoisotopic (exact) mass is 409 g/mol. The molecule has 0 saturated heterocycles.